The number of rotatable bonds is 6. The lowest BCUT2D eigenvalue weighted by molar-refractivity contribution is -0.870. The molecule has 4 heteroatoms. The van der Waals surface area contributed by atoms with Crippen molar-refractivity contribution in [3.8, 4) is 0 Å². The van der Waals surface area contributed by atoms with Crippen molar-refractivity contribution in [2.24, 2.45) is 0 Å². The average Bonchev–Trinajstić information content (AvgIpc) is 2.77. The van der Waals surface area contributed by atoms with Crippen molar-refractivity contribution in [3.63, 3.8) is 0 Å². The number of unbranched alkanes of at least 4 members (excludes halogenated alkanes) is 1. The van der Waals surface area contributed by atoms with Gasteiger partial charge in [-0.05, 0) is 19.3 Å². The molecule has 0 aliphatic carbocycles. The fraction of sp³-hybridized carbons (Fsp3) is 0.900. The van der Waals surface area contributed by atoms with E-state index >= 15 is 0 Å². The number of nitrogens with one attached hydrogen (secondary N) is 1. The summed E-state index contributed by atoms with van der Waals surface area (Å²) in [6.07, 6.45) is 2.86. The standard InChI is InChI=1S/C10H20N2O2/c1-12(2,3)7-5-4-6-10(8-11-10)9(13)14/h11H,4-8H2,1-3H3/p+1/t10-/m1/s1. The predicted molar refractivity (Wildman–Crippen MR) is 55.1 cm³/mol. The van der Waals surface area contributed by atoms with Gasteiger partial charge in [0.2, 0.25) is 0 Å². The second-order valence-corrected chi connectivity index (χ2v) is 5.21. The Morgan fingerprint density at radius 3 is 2.36 bits per heavy atom. The van der Waals surface area contributed by atoms with Crippen molar-refractivity contribution < 1.29 is 14.4 Å². The minimum atomic E-state index is -0.692. The Hall–Kier alpha value is -0.610. The van der Waals surface area contributed by atoms with Gasteiger partial charge in [0.25, 0.3) is 0 Å². The minimum Gasteiger partial charge on any atom is -0.480 e. The third kappa shape index (κ3) is 3.27. The fourth-order valence-electron chi connectivity index (χ4n) is 1.55. The zero-order valence-corrected chi connectivity index (χ0v) is 9.34. The van der Waals surface area contributed by atoms with Gasteiger partial charge >= 0.3 is 5.97 Å². The second-order valence-electron chi connectivity index (χ2n) is 5.21. The summed E-state index contributed by atoms with van der Waals surface area (Å²) in [6.45, 7) is 1.75. The molecule has 1 rings (SSSR count). The van der Waals surface area contributed by atoms with Gasteiger partial charge in [-0.25, -0.2) is 0 Å². The molecule has 14 heavy (non-hydrogen) atoms. The Balaban J connectivity index is 2.13. The lowest BCUT2D eigenvalue weighted by atomic mass is 10.0. The molecule has 2 N–H and O–H groups in total. The number of carbonyl (C=O) groups is 1. The number of carboxylic acids is 1. The molecule has 1 aliphatic heterocycles. The molecular weight excluding hydrogens is 180 g/mol. The van der Waals surface area contributed by atoms with Crippen molar-refractivity contribution in [3.05, 3.63) is 0 Å². The van der Waals surface area contributed by atoms with Crippen molar-refractivity contribution in [1.29, 1.82) is 0 Å². The summed E-state index contributed by atoms with van der Waals surface area (Å²) in [4.78, 5) is 10.8. The Kier molecular flexibility index (Phi) is 3.17. The molecule has 4 nitrogen and oxygen atoms in total. The summed E-state index contributed by atoms with van der Waals surface area (Å²) >= 11 is 0. The Morgan fingerprint density at radius 2 is 2.00 bits per heavy atom. The molecular formula is C10H21N2O2+. The molecule has 0 aromatic rings. The van der Waals surface area contributed by atoms with Gasteiger partial charge in [0.1, 0.15) is 5.54 Å². The van der Waals surface area contributed by atoms with Crippen molar-refractivity contribution in [1.82, 2.24) is 5.32 Å². The van der Waals surface area contributed by atoms with E-state index in [0.29, 0.717) is 6.54 Å². The summed E-state index contributed by atoms with van der Waals surface area (Å²) in [5.41, 5.74) is -0.565. The Labute approximate surface area is 85.5 Å². The van der Waals surface area contributed by atoms with Crippen LogP contribution in [0.1, 0.15) is 19.3 Å². The molecule has 1 atom stereocenters. The molecule has 0 spiro atoms. The largest absolute Gasteiger partial charge is 0.480 e. The Bertz CT molecular complexity index is 217. The normalized spacial score (nSPS) is 26.2. The van der Waals surface area contributed by atoms with Crippen LogP contribution >= 0.6 is 0 Å². The van der Waals surface area contributed by atoms with Gasteiger partial charge in [-0.15, -0.1) is 0 Å². The molecule has 0 amide bonds. The van der Waals surface area contributed by atoms with Crippen LogP contribution in [0.4, 0.5) is 0 Å². The van der Waals surface area contributed by atoms with Gasteiger partial charge in [0.05, 0.1) is 27.7 Å². The summed E-state index contributed by atoms with van der Waals surface area (Å²) in [5.74, 6) is -0.692. The number of quaternary nitrogens is 1. The molecule has 0 radical (unpaired) electrons. The molecule has 0 aromatic heterocycles. The maximum absolute atomic E-state index is 10.8. The van der Waals surface area contributed by atoms with Gasteiger partial charge in [-0.3, -0.25) is 10.1 Å². The van der Waals surface area contributed by atoms with E-state index in [0.717, 1.165) is 30.3 Å². The first-order valence-corrected chi connectivity index (χ1v) is 5.15. The number of hydrogen-bond donors (Lipinski definition) is 2. The number of aliphatic carboxylic acids is 1. The van der Waals surface area contributed by atoms with Crippen LogP contribution < -0.4 is 5.32 Å². The van der Waals surface area contributed by atoms with Crippen LogP contribution in [0.15, 0.2) is 0 Å². The highest BCUT2D eigenvalue weighted by Gasteiger charge is 2.49. The predicted octanol–water partition coefficient (Wildman–Crippen LogP) is 0.290. The maximum atomic E-state index is 10.8. The molecule has 1 saturated heterocycles. The summed E-state index contributed by atoms with van der Waals surface area (Å²) in [5, 5.41) is 11.8. The Morgan fingerprint density at radius 1 is 1.43 bits per heavy atom. The maximum Gasteiger partial charge on any atom is 0.325 e. The summed E-state index contributed by atoms with van der Waals surface area (Å²) < 4.78 is 0.952. The number of carboxylic acid groups (broad SMARTS) is 1. The van der Waals surface area contributed by atoms with Gasteiger partial charge in [0.15, 0.2) is 0 Å². The van der Waals surface area contributed by atoms with Crippen molar-refractivity contribution in [2.45, 2.75) is 24.8 Å². The first-order valence-electron chi connectivity index (χ1n) is 5.15. The molecule has 0 bridgehead atoms. The van der Waals surface area contributed by atoms with Gasteiger partial charge in [-0.2, -0.15) is 0 Å². The molecule has 1 aliphatic rings. The summed E-state index contributed by atoms with van der Waals surface area (Å²) in [6, 6.07) is 0. The highest BCUT2D eigenvalue weighted by atomic mass is 16.4. The van der Waals surface area contributed by atoms with Crippen molar-refractivity contribution in [2.75, 3.05) is 34.2 Å². The van der Waals surface area contributed by atoms with Crippen LogP contribution in [0, 0.1) is 0 Å². The highest BCUT2D eigenvalue weighted by Crippen LogP contribution is 2.24. The van der Waals surface area contributed by atoms with Gasteiger partial charge in [0, 0.05) is 6.54 Å². The van der Waals surface area contributed by atoms with E-state index in [9.17, 15) is 4.79 Å². The fourth-order valence-corrected chi connectivity index (χ4v) is 1.55. The van der Waals surface area contributed by atoms with E-state index in [2.05, 4.69) is 26.5 Å². The smallest absolute Gasteiger partial charge is 0.325 e. The van der Waals surface area contributed by atoms with Crippen molar-refractivity contribution >= 4 is 5.97 Å². The lowest BCUT2D eigenvalue weighted by Crippen LogP contribution is -2.35. The van der Waals surface area contributed by atoms with Gasteiger partial charge in [-0.1, -0.05) is 0 Å². The van der Waals surface area contributed by atoms with Crippen LogP contribution in [0.5, 0.6) is 0 Å². The van der Waals surface area contributed by atoms with E-state index in [1.165, 1.54) is 0 Å². The monoisotopic (exact) mass is 201 g/mol. The quantitative estimate of drug-likeness (QED) is 0.369. The van der Waals surface area contributed by atoms with Crippen LogP contribution in [-0.2, 0) is 4.79 Å². The SMILES string of the molecule is C[N+](C)(C)CCCC[C@]1(C(=O)O)CN1. The molecule has 0 saturated carbocycles. The third-order valence-electron chi connectivity index (χ3n) is 2.70. The van der Waals surface area contributed by atoms with E-state index in [1.807, 2.05) is 0 Å². The van der Waals surface area contributed by atoms with Crippen LogP contribution in [0.2, 0.25) is 0 Å². The highest BCUT2D eigenvalue weighted by molar-refractivity contribution is 5.82. The number of nitrogens with zero attached hydrogens (tertiary/aromatic N) is 1. The third-order valence-corrected chi connectivity index (χ3v) is 2.70. The topological polar surface area (TPSA) is 59.2 Å². The van der Waals surface area contributed by atoms with E-state index in [4.69, 9.17) is 5.11 Å². The zero-order chi connectivity index (χ0) is 10.8. The second kappa shape index (κ2) is 3.87. The van der Waals surface area contributed by atoms with E-state index in [-0.39, 0.29) is 0 Å². The molecule has 82 valence electrons. The van der Waals surface area contributed by atoms with E-state index < -0.39 is 11.5 Å². The summed E-state index contributed by atoms with van der Waals surface area (Å²) in [7, 11) is 6.47. The van der Waals surface area contributed by atoms with E-state index in [1.54, 1.807) is 0 Å². The van der Waals surface area contributed by atoms with Gasteiger partial charge < -0.3 is 9.59 Å². The first-order chi connectivity index (χ1) is 6.36. The minimum absolute atomic E-state index is 0.565. The number of hydrogen-bond acceptors (Lipinski definition) is 2. The van der Waals surface area contributed by atoms with Crippen LogP contribution in [0.25, 0.3) is 0 Å². The molecule has 1 fully saturated rings. The average molecular weight is 201 g/mol. The van der Waals surface area contributed by atoms with Crippen LogP contribution in [0.3, 0.4) is 0 Å². The molecule has 0 aromatic carbocycles. The zero-order valence-electron chi connectivity index (χ0n) is 9.34. The molecule has 0 unspecified atom stereocenters. The first kappa shape index (κ1) is 11.5. The molecule has 1 heterocycles. The van der Waals surface area contributed by atoms with Crippen LogP contribution in [-0.4, -0.2) is 55.3 Å². The lowest BCUT2D eigenvalue weighted by Gasteiger charge is -2.23.